The average Bonchev–Trinajstić information content (AvgIpc) is 4.16. The Morgan fingerprint density at radius 1 is 1.10 bits per heavy atom. The summed E-state index contributed by atoms with van der Waals surface area (Å²) in [4.78, 5) is 68.0. The van der Waals surface area contributed by atoms with Gasteiger partial charge in [0.2, 0.25) is 27.4 Å². The van der Waals surface area contributed by atoms with Crippen molar-refractivity contribution in [2.24, 2.45) is 28.7 Å². The Morgan fingerprint density at radius 2 is 1.80 bits per heavy atom. The van der Waals surface area contributed by atoms with Crippen LogP contribution in [0.5, 0.6) is 5.75 Å². The zero-order valence-corrected chi connectivity index (χ0v) is 41.6. The Balaban J connectivity index is 1.39. The van der Waals surface area contributed by atoms with Gasteiger partial charge in [-0.25, -0.2) is 18.2 Å². The van der Waals surface area contributed by atoms with Gasteiger partial charge < -0.3 is 25.0 Å². The van der Waals surface area contributed by atoms with Crippen LogP contribution in [0.25, 0.3) is 17.0 Å². The molecule has 1 saturated heterocycles. The molecule has 7 atom stereocenters. The smallest absolute Gasteiger partial charge is 0.427 e. The molecular weight excluding hydrogens is 914 g/mol. The summed E-state index contributed by atoms with van der Waals surface area (Å²) in [7, 11) is -4.11. The van der Waals surface area contributed by atoms with Gasteiger partial charge >= 0.3 is 12.3 Å². The van der Waals surface area contributed by atoms with E-state index in [0.717, 1.165) is 18.4 Å². The summed E-state index contributed by atoms with van der Waals surface area (Å²) < 4.78 is 81.1. The van der Waals surface area contributed by atoms with Crippen molar-refractivity contribution in [1.82, 2.24) is 25.2 Å². The maximum absolute atomic E-state index is 15.1. The van der Waals surface area contributed by atoms with Crippen LogP contribution in [-0.4, -0.2) is 95.1 Å². The van der Waals surface area contributed by atoms with E-state index in [-0.39, 0.29) is 25.3 Å². The summed E-state index contributed by atoms with van der Waals surface area (Å²) in [5, 5.41) is 5.26. The number of benzene rings is 1. The molecule has 4 aliphatic rings. The summed E-state index contributed by atoms with van der Waals surface area (Å²) in [6.45, 7) is 16.2. The van der Waals surface area contributed by atoms with Gasteiger partial charge in [-0.3, -0.25) is 24.1 Å². The molecule has 0 radical (unpaired) electrons. The van der Waals surface area contributed by atoms with Crippen molar-refractivity contribution in [3.05, 3.63) is 78.5 Å². The number of hydrogen-bond donors (Lipinski definition) is 3. The number of amides is 4. The molecular formula is C51H67F3N6O8S. The molecule has 69 heavy (non-hydrogen) atoms. The molecule has 376 valence electrons. The number of hydrogen-bond acceptors (Lipinski definition) is 10. The zero-order valence-electron chi connectivity index (χ0n) is 40.8. The number of allylic oxidation sites excluding steroid dienone is 3. The molecule has 4 amide bonds. The van der Waals surface area contributed by atoms with Crippen LogP contribution in [0.4, 0.5) is 18.0 Å². The Labute approximate surface area is 404 Å². The van der Waals surface area contributed by atoms with E-state index in [0.29, 0.717) is 74.7 Å². The van der Waals surface area contributed by atoms with Crippen molar-refractivity contribution in [3.8, 4) is 17.0 Å². The molecule has 3 N–H and O–H groups in total. The number of rotatable bonds is 14. The maximum atomic E-state index is 15.1. The predicted molar refractivity (Wildman–Crippen MR) is 258 cm³/mol. The fourth-order valence-electron chi connectivity index (χ4n) is 8.81. The molecule has 1 aromatic carbocycles. The summed E-state index contributed by atoms with van der Waals surface area (Å²) >= 11 is 0. The van der Waals surface area contributed by atoms with Crippen LogP contribution < -0.4 is 20.1 Å². The Kier molecular flexibility index (Phi) is 16.0. The van der Waals surface area contributed by atoms with Gasteiger partial charge in [0.05, 0.1) is 28.4 Å². The van der Waals surface area contributed by atoms with E-state index in [1.165, 1.54) is 22.8 Å². The van der Waals surface area contributed by atoms with Gasteiger partial charge in [0, 0.05) is 36.2 Å². The van der Waals surface area contributed by atoms with Crippen LogP contribution >= 0.6 is 0 Å². The van der Waals surface area contributed by atoms with Crippen LogP contribution in [0.3, 0.4) is 0 Å². The molecule has 2 aromatic rings. The highest BCUT2D eigenvalue weighted by atomic mass is 32.2. The first kappa shape index (κ1) is 52.8. The van der Waals surface area contributed by atoms with Crippen molar-refractivity contribution in [3.63, 3.8) is 0 Å². The van der Waals surface area contributed by atoms with E-state index in [4.69, 9.17) is 14.5 Å². The number of carbonyl (C=O) groups is 4. The number of ether oxygens (including phenoxy) is 2. The number of pyridine rings is 1. The zero-order chi connectivity index (χ0) is 50.7. The summed E-state index contributed by atoms with van der Waals surface area (Å²) in [6.07, 6.45) is 5.33. The first-order chi connectivity index (χ1) is 32.3. The standard InChI is InChI=1S/C51H67F3N6O8S/c1-10-24-55-39(11-2)41-27-37(26-40(56-41)35-20-18-34(19-21-35)17-16-31(3)4)67-38-28-42-44(61)58-50(46(63)59-69(65,66)49(9)22-23-49)29-36(50)15-13-12-14-32(5)25-33(6)43(45(62)60(42)30-38)57-47(64)68-48(7,8)51(52,53)54/h10-11,13,15,18-21,24,26-27,31-33,36,38,42-43H,1,12,14,16-17,22-23,25,28-30H2,2-9H3,(H,57,64)(H,58,61)(H,59,63). The minimum absolute atomic E-state index is 0.0550. The molecule has 0 spiro atoms. The van der Waals surface area contributed by atoms with E-state index >= 15 is 4.79 Å². The lowest BCUT2D eigenvalue weighted by atomic mass is 9.88. The van der Waals surface area contributed by atoms with Gasteiger partial charge in [-0.1, -0.05) is 82.8 Å². The maximum Gasteiger partial charge on any atom is 0.427 e. The predicted octanol–water partition coefficient (Wildman–Crippen LogP) is 8.62. The Morgan fingerprint density at radius 3 is 2.42 bits per heavy atom. The Hall–Kier alpha value is -5.52. The lowest BCUT2D eigenvalue weighted by Crippen LogP contribution is -2.59. The number of carbonyl (C=O) groups excluding carboxylic acids is 4. The molecule has 14 nitrogen and oxygen atoms in total. The SMILES string of the molecule is C=CC=NC(=CC)c1cc(OC2CC3C(=O)NC4(C(=O)NS(=O)(=O)C5(C)CC5)CC4C=CCCC(C)CC(C)C(NC(=O)OC(C)(C)C(F)(F)F)C(=O)N3C2)cc(-c2ccc(CCC(C)C)cc2)n1. The first-order valence-corrected chi connectivity index (χ1v) is 25.3. The fourth-order valence-corrected chi connectivity index (χ4v) is 10.1. The van der Waals surface area contributed by atoms with Crippen molar-refractivity contribution < 1.29 is 50.2 Å². The number of fused-ring (bicyclic) bond motifs is 2. The van der Waals surface area contributed by atoms with Crippen molar-refractivity contribution in [1.29, 1.82) is 0 Å². The van der Waals surface area contributed by atoms with Gasteiger partial charge in [-0.15, -0.1) is 0 Å². The molecule has 7 unspecified atom stereocenters. The lowest BCUT2D eigenvalue weighted by molar-refractivity contribution is -0.244. The van der Waals surface area contributed by atoms with Crippen molar-refractivity contribution in [2.45, 2.75) is 153 Å². The van der Waals surface area contributed by atoms with Gasteiger partial charge in [0.15, 0.2) is 0 Å². The number of sulfonamides is 1. The number of halogens is 3. The summed E-state index contributed by atoms with van der Waals surface area (Å²) in [6, 6.07) is 8.66. The summed E-state index contributed by atoms with van der Waals surface area (Å²) in [5.74, 6) is -2.89. The van der Waals surface area contributed by atoms with Gasteiger partial charge in [-0.05, 0) is 102 Å². The van der Waals surface area contributed by atoms with Crippen LogP contribution in [0.1, 0.15) is 118 Å². The molecule has 3 heterocycles. The average molecular weight is 981 g/mol. The van der Waals surface area contributed by atoms with Gasteiger partial charge in [0.1, 0.15) is 29.5 Å². The van der Waals surface area contributed by atoms with Crippen molar-refractivity contribution in [2.75, 3.05) is 6.54 Å². The van der Waals surface area contributed by atoms with E-state index in [1.54, 1.807) is 38.1 Å². The second kappa shape index (κ2) is 20.8. The number of aryl methyl sites for hydroxylation is 1. The molecule has 2 aliphatic carbocycles. The Bertz CT molecular complexity index is 2470. The quantitative estimate of drug-likeness (QED) is 0.123. The minimum atomic E-state index is -4.93. The number of nitrogens with zero attached hydrogens (tertiary/aromatic N) is 3. The highest BCUT2D eigenvalue weighted by Gasteiger charge is 2.63. The fraction of sp³-hybridized carbons (Fsp3) is 0.569. The largest absolute Gasteiger partial charge is 0.488 e. The number of aliphatic imine (C=N–C) groups is 1. The summed E-state index contributed by atoms with van der Waals surface area (Å²) in [5.41, 5.74) is -1.10. The van der Waals surface area contributed by atoms with Crippen molar-refractivity contribution >= 4 is 45.7 Å². The molecule has 6 rings (SSSR count). The molecule has 18 heteroatoms. The molecule has 0 bridgehead atoms. The van der Waals surface area contributed by atoms with Gasteiger partial charge in [0.25, 0.3) is 5.91 Å². The number of alkyl halides is 3. The van der Waals surface area contributed by atoms with Crippen LogP contribution in [-0.2, 0) is 35.6 Å². The third-order valence-electron chi connectivity index (χ3n) is 13.8. The second-order valence-electron chi connectivity index (χ2n) is 20.4. The third kappa shape index (κ3) is 12.5. The number of aromatic nitrogens is 1. The van der Waals surface area contributed by atoms with E-state index < -0.39 is 85.9 Å². The number of nitrogens with one attached hydrogen (secondary N) is 3. The highest BCUT2D eigenvalue weighted by Crippen LogP contribution is 2.48. The van der Waals surface area contributed by atoms with E-state index in [1.807, 2.05) is 44.2 Å². The second-order valence-corrected chi connectivity index (χ2v) is 22.6. The van der Waals surface area contributed by atoms with Crippen LogP contribution in [0, 0.1) is 23.7 Å². The van der Waals surface area contributed by atoms with E-state index in [9.17, 15) is 36.0 Å². The van der Waals surface area contributed by atoms with Crippen LogP contribution in [0.2, 0.25) is 0 Å². The normalized spacial score (nSPS) is 26.6. The first-order valence-electron chi connectivity index (χ1n) is 23.8. The molecule has 2 aliphatic heterocycles. The highest BCUT2D eigenvalue weighted by molar-refractivity contribution is 7.91. The molecule has 1 aromatic heterocycles. The lowest BCUT2D eigenvalue weighted by Gasteiger charge is -2.34. The monoisotopic (exact) mass is 980 g/mol. The van der Waals surface area contributed by atoms with Gasteiger partial charge in [-0.2, -0.15) is 13.2 Å². The minimum Gasteiger partial charge on any atom is -0.488 e. The molecule has 2 saturated carbocycles. The third-order valence-corrected chi connectivity index (χ3v) is 15.9. The molecule has 3 fully saturated rings. The van der Waals surface area contributed by atoms with Crippen LogP contribution in [0.15, 0.2) is 72.3 Å². The van der Waals surface area contributed by atoms with E-state index in [2.05, 4.69) is 40.8 Å². The topological polar surface area (TPSA) is 185 Å². The number of alkyl carbamates (subject to hydrolysis) is 1.